The number of ether oxygens (including phenoxy) is 3. The maximum Gasteiger partial charge on any atom is 0.420 e. The van der Waals surface area contributed by atoms with Crippen molar-refractivity contribution in [2.24, 2.45) is 0 Å². The van der Waals surface area contributed by atoms with Gasteiger partial charge in [0.05, 0.1) is 24.6 Å². The Morgan fingerprint density at radius 3 is 2.76 bits per heavy atom. The van der Waals surface area contributed by atoms with Gasteiger partial charge in [-0.3, -0.25) is 4.79 Å². The number of methoxy groups -OCH3 is 1. The number of hydrogen-bond donors (Lipinski definition) is 3. The van der Waals surface area contributed by atoms with Gasteiger partial charge in [0.15, 0.2) is 0 Å². The van der Waals surface area contributed by atoms with E-state index in [2.05, 4.69) is 20.9 Å². The zero-order chi connectivity index (χ0) is 26.6. The number of nitrogens with zero attached hydrogens (tertiary/aromatic N) is 1. The summed E-state index contributed by atoms with van der Waals surface area (Å²) < 4.78 is 56.7. The molecule has 38 heavy (non-hydrogen) atoms. The van der Waals surface area contributed by atoms with Gasteiger partial charge < -0.3 is 30.2 Å². The third-order valence-electron chi connectivity index (χ3n) is 6.72. The van der Waals surface area contributed by atoms with Crippen LogP contribution in [0.15, 0.2) is 48.7 Å². The van der Waals surface area contributed by atoms with Crippen LogP contribution in [0.25, 0.3) is 0 Å². The lowest BCUT2D eigenvalue weighted by Crippen LogP contribution is -2.34. The molecule has 2 aromatic carbocycles. The fraction of sp³-hybridized carbons (Fsp3) is 0.269. The summed E-state index contributed by atoms with van der Waals surface area (Å²) in [5.41, 5.74) is 0.674. The fourth-order valence-corrected chi connectivity index (χ4v) is 4.88. The number of aromatic nitrogens is 1. The smallest absolute Gasteiger partial charge is 0.420 e. The maximum absolute atomic E-state index is 13.3. The van der Waals surface area contributed by atoms with Crippen LogP contribution in [0.4, 0.5) is 29.5 Å². The molecule has 0 saturated heterocycles. The van der Waals surface area contributed by atoms with E-state index in [9.17, 15) is 22.8 Å². The van der Waals surface area contributed by atoms with Gasteiger partial charge in [-0.05, 0) is 48.9 Å². The summed E-state index contributed by atoms with van der Waals surface area (Å²) in [5.74, 6) is 1.78. The Morgan fingerprint density at radius 2 is 1.97 bits per heavy atom. The second-order valence-electron chi connectivity index (χ2n) is 9.13. The number of carbonyl (C=O) groups is 2. The Kier molecular flexibility index (Phi) is 5.55. The number of halogens is 3. The first-order valence-electron chi connectivity index (χ1n) is 11.8. The highest BCUT2D eigenvalue weighted by Crippen LogP contribution is 2.54. The van der Waals surface area contributed by atoms with Crippen molar-refractivity contribution in [1.29, 1.82) is 0 Å². The Hall–Kier alpha value is -4.48. The number of nitrogens with one attached hydrogen (secondary N) is 3. The summed E-state index contributed by atoms with van der Waals surface area (Å²) in [4.78, 5) is 28.4. The zero-order valence-corrected chi connectivity index (χ0v) is 19.9. The predicted molar refractivity (Wildman–Crippen MR) is 129 cm³/mol. The number of rotatable bonds is 5. The second-order valence-corrected chi connectivity index (χ2v) is 9.13. The molecule has 3 N–H and O–H groups in total. The van der Waals surface area contributed by atoms with Crippen molar-refractivity contribution in [3.8, 4) is 23.0 Å². The minimum Gasteiger partial charge on any atom is -0.496 e. The number of pyridine rings is 1. The number of urea groups is 1. The average Bonchev–Trinajstić information content (AvgIpc) is 3.39. The molecule has 6 rings (SSSR count). The lowest BCUT2D eigenvalue weighted by Gasteiger charge is -2.19. The molecule has 2 aliphatic heterocycles. The van der Waals surface area contributed by atoms with Crippen LogP contribution in [0.3, 0.4) is 0 Å². The first kappa shape index (κ1) is 23.9. The molecule has 3 atom stereocenters. The van der Waals surface area contributed by atoms with E-state index in [1.807, 2.05) is 6.07 Å². The first-order valence-corrected chi connectivity index (χ1v) is 11.8. The zero-order valence-electron chi connectivity index (χ0n) is 19.9. The number of carbonyl (C=O) groups excluding carboxylic acids is 2. The SMILES string of the molecule is COc1ccc(NC(=O)N[C@H]2[C@H]3Oc4ccc(Oc5ccnc6c5CCC(=O)N6)cc4[C@@H]23)cc1C(F)(F)F. The van der Waals surface area contributed by atoms with Crippen molar-refractivity contribution < 1.29 is 37.0 Å². The second kappa shape index (κ2) is 8.82. The molecule has 0 spiro atoms. The van der Waals surface area contributed by atoms with Crippen LogP contribution in [0.2, 0.25) is 0 Å². The lowest BCUT2D eigenvalue weighted by atomic mass is 10.1. The van der Waals surface area contributed by atoms with Crippen molar-refractivity contribution in [2.75, 3.05) is 17.7 Å². The molecule has 12 heteroatoms. The molecule has 3 amide bonds. The van der Waals surface area contributed by atoms with E-state index in [1.165, 1.54) is 6.07 Å². The summed E-state index contributed by atoms with van der Waals surface area (Å²) in [5, 5.41) is 7.95. The highest BCUT2D eigenvalue weighted by atomic mass is 19.4. The van der Waals surface area contributed by atoms with Crippen LogP contribution in [0, 0.1) is 0 Å². The highest BCUT2D eigenvalue weighted by molar-refractivity contribution is 5.93. The van der Waals surface area contributed by atoms with E-state index in [0.717, 1.165) is 30.4 Å². The van der Waals surface area contributed by atoms with Crippen LogP contribution in [-0.2, 0) is 17.4 Å². The Labute approximate surface area is 214 Å². The van der Waals surface area contributed by atoms with Crippen LogP contribution in [0.5, 0.6) is 23.0 Å². The lowest BCUT2D eigenvalue weighted by molar-refractivity contribution is -0.138. The Bertz CT molecular complexity index is 1460. The number of benzene rings is 2. The molecular weight excluding hydrogens is 505 g/mol. The largest absolute Gasteiger partial charge is 0.496 e. The van der Waals surface area contributed by atoms with E-state index >= 15 is 0 Å². The molecule has 0 radical (unpaired) electrons. The third kappa shape index (κ3) is 4.31. The molecule has 3 aromatic rings. The number of anilines is 2. The van der Waals surface area contributed by atoms with Gasteiger partial charge in [-0.15, -0.1) is 0 Å². The standard InChI is InChI=1S/C26H21F3N4O5/c1-36-19-5-2-12(10-16(19)26(27,28)29)31-25(35)33-22-21-15-11-13(3-6-17(15)38-23(21)22)37-18-8-9-30-24-14(18)4-7-20(34)32-24/h2-3,5-6,8-11,21-23H,4,7H2,1H3,(H,30,32,34)(H2,31,33,35)/t21-,22+,23-/m0/s1. The van der Waals surface area contributed by atoms with Crippen molar-refractivity contribution in [2.45, 2.75) is 37.1 Å². The minimum atomic E-state index is -4.63. The topological polar surface area (TPSA) is 111 Å². The predicted octanol–water partition coefficient (Wildman–Crippen LogP) is 4.83. The molecule has 1 saturated carbocycles. The van der Waals surface area contributed by atoms with Gasteiger partial charge >= 0.3 is 12.2 Å². The summed E-state index contributed by atoms with van der Waals surface area (Å²) >= 11 is 0. The van der Waals surface area contributed by atoms with Gasteiger partial charge in [-0.2, -0.15) is 13.2 Å². The van der Waals surface area contributed by atoms with Crippen LogP contribution < -0.4 is 30.2 Å². The van der Waals surface area contributed by atoms with Crippen LogP contribution in [0.1, 0.15) is 29.0 Å². The summed E-state index contributed by atoms with van der Waals surface area (Å²) in [6.45, 7) is 0. The highest BCUT2D eigenvalue weighted by Gasteiger charge is 2.59. The number of amides is 3. The number of alkyl halides is 3. The van der Waals surface area contributed by atoms with Crippen LogP contribution >= 0.6 is 0 Å². The summed E-state index contributed by atoms with van der Waals surface area (Å²) in [6.07, 6.45) is -2.49. The van der Waals surface area contributed by atoms with E-state index in [0.29, 0.717) is 35.9 Å². The molecule has 0 bridgehead atoms. The number of fused-ring (bicyclic) bond motifs is 4. The molecule has 9 nitrogen and oxygen atoms in total. The quantitative estimate of drug-likeness (QED) is 0.439. The molecule has 3 aliphatic rings. The number of hydrogen-bond acceptors (Lipinski definition) is 6. The molecule has 0 unspecified atom stereocenters. The molecule has 1 aliphatic carbocycles. The van der Waals surface area contributed by atoms with Gasteiger partial charge in [-0.25, -0.2) is 9.78 Å². The van der Waals surface area contributed by atoms with E-state index < -0.39 is 17.8 Å². The summed E-state index contributed by atoms with van der Waals surface area (Å²) in [7, 11) is 1.15. The minimum absolute atomic E-state index is 0.0182. The average molecular weight is 526 g/mol. The molecule has 3 heterocycles. The monoisotopic (exact) mass is 526 g/mol. The fourth-order valence-electron chi connectivity index (χ4n) is 4.88. The van der Waals surface area contributed by atoms with E-state index in [-0.39, 0.29) is 35.4 Å². The molecule has 1 fully saturated rings. The van der Waals surface area contributed by atoms with Crippen molar-refractivity contribution in [1.82, 2.24) is 10.3 Å². The van der Waals surface area contributed by atoms with Gasteiger partial charge in [0, 0.05) is 29.4 Å². The maximum atomic E-state index is 13.3. The molecular formula is C26H21F3N4O5. The normalized spacial score (nSPS) is 20.7. The van der Waals surface area contributed by atoms with Gasteiger partial charge in [0.2, 0.25) is 5.91 Å². The van der Waals surface area contributed by atoms with Gasteiger partial charge in [0.25, 0.3) is 0 Å². The van der Waals surface area contributed by atoms with E-state index in [4.69, 9.17) is 14.2 Å². The summed E-state index contributed by atoms with van der Waals surface area (Å²) in [6, 6.07) is 9.45. The van der Waals surface area contributed by atoms with Crippen molar-refractivity contribution >= 4 is 23.4 Å². The third-order valence-corrected chi connectivity index (χ3v) is 6.72. The molecule has 196 valence electrons. The Morgan fingerprint density at radius 1 is 1.13 bits per heavy atom. The first-order chi connectivity index (χ1) is 18.2. The van der Waals surface area contributed by atoms with Crippen molar-refractivity contribution in [3.05, 3.63) is 65.4 Å². The van der Waals surface area contributed by atoms with Crippen LogP contribution in [-0.4, -0.2) is 36.2 Å². The Balaban J connectivity index is 1.13. The van der Waals surface area contributed by atoms with Gasteiger partial charge in [-0.1, -0.05) is 0 Å². The molecule has 1 aromatic heterocycles. The van der Waals surface area contributed by atoms with E-state index in [1.54, 1.807) is 24.4 Å². The van der Waals surface area contributed by atoms with Gasteiger partial charge in [0.1, 0.15) is 34.9 Å². The van der Waals surface area contributed by atoms with Crippen molar-refractivity contribution in [3.63, 3.8) is 0 Å².